The maximum Gasteiger partial charge on any atom is 0.347 e. The first kappa shape index (κ1) is 17.8. The number of rotatable bonds is 2. The number of carbonyl (C=O) groups is 2. The van der Waals surface area contributed by atoms with E-state index in [2.05, 4.69) is 0 Å². The quantitative estimate of drug-likeness (QED) is 0.500. The van der Waals surface area contributed by atoms with E-state index in [1.165, 1.54) is 0 Å². The Bertz CT molecular complexity index is 281. The lowest BCUT2D eigenvalue weighted by Crippen LogP contribution is -2.37. The summed E-state index contributed by atoms with van der Waals surface area (Å²) in [5.74, 6) is -1.57. The second-order valence-corrected chi connectivity index (χ2v) is 4.01. The molecule has 0 saturated carbocycles. The maximum absolute atomic E-state index is 11.7. The molecule has 0 aromatic carbocycles. The van der Waals surface area contributed by atoms with Crippen molar-refractivity contribution in [3.63, 3.8) is 0 Å². The smallest absolute Gasteiger partial charge is 0.347 e. The van der Waals surface area contributed by atoms with Gasteiger partial charge in [-0.2, -0.15) is 0 Å². The van der Waals surface area contributed by atoms with E-state index in [0.717, 1.165) is 0 Å². The summed E-state index contributed by atoms with van der Waals surface area (Å²) < 4.78 is 30.5. The fourth-order valence-electron chi connectivity index (χ4n) is 1.49. The highest BCUT2D eigenvalue weighted by molar-refractivity contribution is 5.98. The number of cyclic esters (lactones) is 2. The molecular weight excluding hydrogens is 284 g/mol. The lowest BCUT2D eigenvalue weighted by Gasteiger charge is -2.15. The van der Waals surface area contributed by atoms with E-state index in [1.54, 1.807) is 6.92 Å². The zero-order valence-electron chi connectivity index (χ0n) is 12.2. The minimum absolute atomic E-state index is 0.0405. The molecule has 8 nitrogen and oxygen atoms in total. The summed E-state index contributed by atoms with van der Waals surface area (Å²) in [6, 6.07) is 0. The predicted octanol–water partition coefficient (Wildman–Crippen LogP) is -0.459. The average Bonchev–Trinajstić information content (AvgIpc) is 2.48. The van der Waals surface area contributed by atoms with Crippen LogP contribution in [0, 0.1) is 0 Å². The Labute approximate surface area is 123 Å². The van der Waals surface area contributed by atoms with Crippen LogP contribution in [0.4, 0.5) is 0 Å². The van der Waals surface area contributed by atoms with Gasteiger partial charge in [-0.3, -0.25) is 0 Å². The van der Waals surface area contributed by atoms with Crippen molar-refractivity contribution in [2.24, 2.45) is 0 Å². The molecule has 1 aliphatic rings. The molecule has 122 valence electrons. The zero-order chi connectivity index (χ0) is 15.3. The van der Waals surface area contributed by atoms with E-state index in [0.29, 0.717) is 26.4 Å². The molecule has 0 bridgehead atoms. The SMILES string of the molecule is CCOC1C(=O)OCCOCCOCCOCCOC1=O. The first-order valence-electron chi connectivity index (χ1n) is 6.93. The van der Waals surface area contributed by atoms with Crippen LogP contribution in [-0.4, -0.2) is 77.5 Å². The van der Waals surface area contributed by atoms with Gasteiger partial charge in [-0.25, -0.2) is 9.59 Å². The van der Waals surface area contributed by atoms with Crippen LogP contribution in [0.3, 0.4) is 0 Å². The Morgan fingerprint density at radius 1 is 0.810 bits per heavy atom. The van der Waals surface area contributed by atoms with Gasteiger partial charge >= 0.3 is 11.9 Å². The van der Waals surface area contributed by atoms with E-state index in [4.69, 9.17) is 28.4 Å². The third-order valence-electron chi connectivity index (χ3n) is 2.45. The molecule has 0 aromatic heterocycles. The molecule has 21 heavy (non-hydrogen) atoms. The minimum Gasteiger partial charge on any atom is -0.461 e. The van der Waals surface area contributed by atoms with Crippen molar-refractivity contribution in [1.29, 1.82) is 0 Å². The molecule has 1 saturated heterocycles. The summed E-state index contributed by atoms with van der Waals surface area (Å²) in [4.78, 5) is 23.5. The van der Waals surface area contributed by atoms with Gasteiger partial charge in [-0.1, -0.05) is 0 Å². The molecule has 1 heterocycles. The normalized spacial score (nSPS) is 21.6. The Hall–Kier alpha value is -1.22. The van der Waals surface area contributed by atoms with Crippen LogP contribution >= 0.6 is 0 Å². The summed E-state index contributed by atoms with van der Waals surface area (Å²) in [6.07, 6.45) is -1.37. The van der Waals surface area contributed by atoms with Crippen molar-refractivity contribution in [3.8, 4) is 0 Å². The predicted molar refractivity (Wildman–Crippen MR) is 69.8 cm³/mol. The van der Waals surface area contributed by atoms with Crippen LogP contribution in [-0.2, 0) is 38.0 Å². The monoisotopic (exact) mass is 306 g/mol. The first-order valence-corrected chi connectivity index (χ1v) is 6.93. The molecule has 0 atom stereocenters. The minimum atomic E-state index is -1.37. The number of ether oxygens (including phenoxy) is 6. The highest BCUT2D eigenvalue weighted by Gasteiger charge is 2.30. The van der Waals surface area contributed by atoms with E-state index >= 15 is 0 Å². The van der Waals surface area contributed by atoms with Crippen molar-refractivity contribution < 1.29 is 38.0 Å². The number of carbonyl (C=O) groups excluding carboxylic acids is 2. The lowest BCUT2D eigenvalue weighted by atomic mass is 10.3. The van der Waals surface area contributed by atoms with Crippen LogP contribution in [0.2, 0.25) is 0 Å². The highest BCUT2D eigenvalue weighted by Crippen LogP contribution is 2.00. The van der Waals surface area contributed by atoms with Crippen LogP contribution in [0.5, 0.6) is 0 Å². The molecule has 0 amide bonds. The summed E-state index contributed by atoms with van der Waals surface area (Å²) >= 11 is 0. The van der Waals surface area contributed by atoms with Crippen molar-refractivity contribution in [3.05, 3.63) is 0 Å². The first-order chi connectivity index (χ1) is 10.3. The Balaban J connectivity index is 2.47. The Morgan fingerprint density at radius 3 is 1.57 bits per heavy atom. The van der Waals surface area contributed by atoms with Gasteiger partial charge in [0.2, 0.25) is 0 Å². The van der Waals surface area contributed by atoms with Crippen LogP contribution in [0.1, 0.15) is 6.92 Å². The number of hydrogen-bond donors (Lipinski definition) is 0. The van der Waals surface area contributed by atoms with Gasteiger partial charge in [0.15, 0.2) is 0 Å². The zero-order valence-corrected chi connectivity index (χ0v) is 12.2. The van der Waals surface area contributed by atoms with Gasteiger partial charge in [0.05, 0.1) is 39.6 Å². The molecule has 1 fully saturated rings. The van der Waals surface area contributed by atoms with Crippen LogP contribution in [0.25, 0.3) is 0 Å². The molecule has 0 N–H and O–H groups in total. The van der Waals surface area contributed by atoms with Gasteiger partial charge in [0, 0.05) is 6.61 Å². The second kappa shape index (κ2) is 11.4. The third-order valence-corrected chi connectivity index (χ3v) is 2.45. The standard InChI is InChI=1S/C13H22O8/c1-2-19-11-12(14)20-9-7-17-5-3-16-4-6-18-8-10-21-13(11)15/h11H,2-10H2,1H3. The molecule has 0 aromatic rings. The molecule has 1 rings (SSSR count). The third kappa shape index (κ3) is 7.96. The summed E-state index contributed by atoms with van der Waals surface area (Å²) in [7, 11) is 0. The molecule has 8 heteroatoms. The highest BCUT2D eigenvalue weighted by atomic mass is 16.6. The topological polar surface area (TPSA) is 89.5 Å². The van der Waals surface area contributed by atoms with Gasteiger partial charge in [0.1, 0.15) is 13.2 Å². The van der Waals surface area contributed by atoms with Gasteiger partial charge < -0.3 is 28.4 Å². The van der Waals surface area contributed by atoms with Gasteiger partial charge in [0.25, 0.3) is 6.10 Å². The summed E-state index contributed by atoms with van der Waals surface area (Å²) in [5.41, 5.74) is 0. The Kier molecular flexibility index (Phi) is 9.71. The van der Waals surface area contributed by atoms with Crippen molar-refractivity contribution in [2.75, 3.05) is 59.5 Å². The Morgan fingerprint density at radius 2 is 1.19 bits per heavy atom. The van der Waals surface area contributed by atoms with Crippen molar-refractivity contribution >= 4 is 11.9 Å². The average molecular weight is 306 g/mol. The van der Waals surface area contributed by atoms with Crippen molar-refractivity contribution in [2.45, 2.75) is 13.0 Å². The lowest BCUT2D eigenvalue weighted by molar-refractivity contribution is -0.175. The van der Waals surface area contributed by atoms with Crippen LogP contribution in [0.15, 0.2) is 0 Å². The van der Waals surface area contributed by atoms with E-state index in [9.17, 15) is 9.59 Å². The number of esters is 2. The summed E-state index contributed by atoms with van der Waals surface area (Å²) in [5, 5.41) is 0. The van der Waals surface area contributed by atoms with E-state index in [1.807, 2.05) is 0 Å². The van der Waals surface area contributed by atoms with Gasteiger partial charge in [-0.05, 0) is 6.92 Å². The van der Waals surface area contributed by atoms with Crippen molar-refractivity contribution in [1.82, 2.24) is 0 Å². The molecule has 0 unspecified atom stereocenters. The maximum atomic E-state index is 11.7. The molecule has 0 aliphatic carbocycles. The molecular formula is C13H22O8. The molecule has 0 spiro atoms. The molecule has 0 radical (unpaired) electrons. The molecule has 1 aliphatic heterocycles. The van der Waals surface area contributed by atoms with E-state index in [-0.39, 0.29) is 33.0 Å². The number of hydrogen-bond acceptors (Lipinski definition) is 8. The van der Waals surface area contributed by atoms with Crippen LogP contribution < -0.4 is 0 Å². The fourth-order valence-corrected chi connectivity index (χ4v) is 1.49. The van der Waals surface area contributed by atoms with E-state index < -0.39 is 18.0 Å². The van der Waals surface area contributed by atoms with Gasteiger partial charge in [-0.15, -0.1) is 0 Å². The largest absolute Gasteiger partial charge is 0.461 e. The second-order valence-electron chi connectivity index (χ2n) is 4.01. The summed E-state index contributed by atoms with van der Waals surface area (Å²) in [6.45, 7) is 4.06. The fraction of sp³-hybridized carbons (Fsp3) is 0.846.